The number of carbonyl (C=O) groups excluding carboxylic acids is 3. The third-order valence-electron chi connectivity index (χ3n) is 3.31. The molecule has 7 heteroatoms. The lowest BCUT2D eigenvalue weighted by atomic mass is 10.2. The molecule has 26 heavy (non-hydrogen) atoms. The summed E-state index contributed by atoms with van der Waals surface area (Å²) >= 11 is 1.40. The second-order valence-corrected chi connectivity index (χ2v) is 7.13. The molecular weight excluding hydrogens is 350 g/mol. The van der Waals surface area contributed by atoms with Gasteiger partial charge in [0.25, 0.3) is 0 Å². The van der Waals surface area contributed by atoms with E-state index in [0.717, 1.165) is 4.90 Å². The number of amides is 3. The number of benzene rings is 2. The number of thioether (sulfide) groups is 1. The Morgan fingerprint density at radius 2 is 1.35 bits per heavy atom. The zero-order valence-corrected chi connectivity index (χ0v) is 15.6. The average Bonchev–Trinajstić information content (AvgIpc) is 2.55. The van der Waals surface area contributed by atoms with E-state index in [1.165, 1.54) is 25.6 Å². The van der Waals surface area contributed by atoms with E-state index in [2.05, 4.69) is 16.0 Å². The first kappa shape index (κ1) is 19.5. The Morgan fingerprint density at radius 1 is 0.808 bits per heavy atom. The molecule has 0 bridgehead atoms. The van der Waals surface area contributed by atoms with E-state index in [1.807, 2.05) is 25.1 Å². The summed E-state index contributed by atoms with van der Waals surface area (Å²) in [6, 6.07) is 14.3. The van der Waals surface area contributed by atoms with E-state index in [4.69, 9.17) is 0 Å². The van der Waals surface area contributed by atoms with Gasteiger partial charge < -0.3 is 16.0 Å². The van der Waals surface area contributed by atoms with Gasteiger partial charge in [0.1, 0.15) is 0 Å². The molecule has 1 atom stereocenters. The number of anilines is 3. The van der Waals surface area contributed by atoms with Crippen LogP contribution in [0.3, 0.4) is 0 Å². The second kappa shape index (κ2) is 9.05. The minimum Gasteiger partial charge on any atom is -0.326 e. The van der Waals surface area contributed by atoms with Gasteiger partial charge in [0, 0.05) is 35.8 Å². The van der Waals surface area contributed by atoms with E-state index in [9.17, 15) is 14.4 Å². The molecular formula is C19H21N3O3S. The molecule has 0 aliphatic carbocycles. The van der Waals surface area contributed by atoms with Gasteiger partial charge in [0.15, 0.2) is 0 Å². The van der Waals surface area contributed by atoms with Crippen molar-refractivity contribution in [2.24, 2.45) is 0 Å². The van der Waals surface area contributed by atoms with Crippen LogP contribution >= 0.6 is 11.8 Å². The van der Waals surface area contributed by atoms with Crippen molar-refractivity contribution in [1.29, 1.82) is 0 Å². The van der Waals surface area contributed by atoms with Crippen molar-refractivity contribution in [3.63, 3.8) is 0 Å². The summed E-state index contributed by atoms with van der Waals surface area (Å²) in [7, 11) is 0. The number of nitrogens with one attached hydrogen (secondary N) is 3. The molecule has 3 N–H and O–H groups in total. The summed E-state index contributed by atoms with van der Waals surface area (Å²) in [4.78, 5) is 35.4. The number of hydrogen-bond donors (Lipinski definition) is 3. The van der Waals surface area contributed by atoms with Gasteiger partial charge in [-0.2, -0.15) is 0 Å². The molecule has 0 radical (unpaired) electrons. The van der Waals surface area contributed by atoms with Crippen LogP contribution < -0.4 is 16.0 Å². The number of rotatable bonds is 6. The Bertz CT molecular complexity index is 806. The molecule has 2 aromatic rings. The summed E-state index contributed by atoms with van der Waals surface area (Å²) in [5.74, 6) is -0.416. The Balaban J connectivity index is 1.95. The topological polar surface area (TPSA) is 87.3 Å². The third-order valence-corrected chi connectivity index (χ3v) is 4.40. The van der Waals surface area contributed by atoms with Crippen LogP contribution in [0.1, 0.15) is 20.8 Å². The normalized spacial score (nSPS) is 11.3. The number of carbonyl (C=O) groups is 3. The molecule has 2 aromatic carbocycles. The molecule has 0 spiro atoms. The highest BCUT2D eigenvalue weighted by Gasteiger charge is 2.15. The van der Waals surface area contributed by atoms with Gasteiger partial charge >= 0.3 is 0 Å². The van der Waals surface area contributed by atoms with Crippen molar-refractivity contribution < 1.29 is 14.4 Å². The zero-order chi connectivity index (χ0) is 19.1. The summed E-state index contributed by atoms with van der Waals surface area (Å²) in [6.07, 6.45) is 0. The van der Waals surface area contributed by atoms with E-state index in [-0.39, 0.29) is 23.0 Å². The highest BCUT2D eigenvalue weighted by atomic mass is 32.2. The summed E-state index contributed by atoms with van der Waals surface area (Å²) in [6.45, 7) is 4.71. The van der Waals surface area contributed by atoms with Crippen molar-refractivity contribution in [3.05, 3.63) is 48.5 Å². The van der Waals surface area contributed by atoms with E-state index >= 15 is 0 Å². The first-order chi connectivity index (χ1) is 12.3. The monoisotopic (exact) mass is 371 g/mol. The van der Waals surface area contributed by atoms with Gasteiger partial charge in [-0.1, -0.05) is 6.07 Å². The molecule has 136 valence electrons. The first-order valence-corrected chi connectivity index (χ1v) is 8.94. The van der Waals surface area contributed by atoms with Crippen LogP contribution in [-0.2, 0) is 14.4 Å². The molecule has 1 unspecified atom stereocenters. The molecule has 0 fully saturated rings. The maximum absolute atomic E-state index is 12.4. The fraction of sp³-hybridized carbons (Fsp3) is 0.211. The van der Waals surface area contributed by atoms with Crippen LogP contribution in [0.5, 0.6) is 0 Å². The Labute approximate surface area is 156 Å². The van der Waals surface area contributed by atoms with Crippen LogP contribution in [0.4, 0.5) is 17.1 Å². The molecule has 2 rings (SSSR count). The fourth-order valence-electron chi connectivity index (χ4n) is 2.19. The minimum absolute atomic E-state index is 0.132. The van der Waals surface area contributed by atoms with Gasteiger partial charge in [0.2, 0.25) is 17.7 Å². The maximum atomic E-state index is 12.4. The van der Waals surface area contributed by atoms with Crippen LogP contribution in [0.15, 0.2) is 53.4 Å². The lowest BCUT2D eigenvalue weighted by Crippen LogP contribution is -2.22. The largest absolute Gasteiger partial charge is 0.326 e. The molecule has 0 aromatic heterocycles. The van der Waals surface area contributed by atoms with Crippen molar-refractivity contribution >= 4 is 46.5 Å². The van der Waals surface area contributed by atoms with Gasteiger partial charge in [-0.15, -0.1) is 11.8 Å². The smallest absolute Gasteiger partial charge is 0.237 e. The standard InChI is InChI=1S/C19H21N3O3S/c1-12(26-18-6-4-5-17(11-18)21-14(3)24)19(25)22-16-9-7-15(8-10-16)20-13(2)23/h4-12H,1-3H3,(H,20,23)(H,21,24)(H,22,25). The highest BCUT2D eigenvalue weighted by Crippen LogP contribution is 2.26. The van der Waals surface area contributed by atoms with Crippen LogP contribution in [-0.4, -0.2) is 23.0 Å². The van der Waals surface area contributed by atoms with Crippen molar-refractivity contribution in [1.82, 2.24) is 0 Å². The molecule has 0 saturated heterocycles. The van der Waals surface area contributed by atoms with Gasteiger partial charge in [0.05, 0.1) is 5.25 Å². The van der Waals surface area contributed by atoms with Crippen LogP contribution in [0.2, 0.25) is 0 Å². The first-order valence-electron chi connectivity index (χ1n) is 8.06. The molecule has 0 aliphatic rings. The highest BCUT2D eigenvalue weighted by molar-refractivity contribution is 8.00. The predicted molar refractivity (Wildman–Crippen MR) is 105 cm³/mol. The zero-order valence-electron chi connectivity index (χ0n) is 14.8. The van der Waals surface area contributed by atoms with E-state index in [0.29, 0.717) is 17.1 Å². The quantitative estimate of drug-likeness (QED) is 0.675. The van der Waals surface area contributed by atoms with Gasteiger partial charge in [-0.05, 0) is 49.4 Å². The Morgan fingerprint density at radius 3 is 1.92 bits per heavy atom. The summed E-state index contributed by atoms with van der Waals surface area (Å²) in [5, 5.41) is 7.92. The summed E-state index contributed by atoms with van der Waals surface area (Å²) in [5.41, 5.74) is 2.03. The van der Waals surface area contributed by atoms with Crippen molar-refractivity contribution in [2.75, 3.05) is 16.0 Å². The van der Waals surface area contributed by atoms with Crippen LogP contribution in [0, 0.1) is 0 Å². The molecule has 0 saturated carbocycles. The molecule has 3 amide bonds. The fourth-order valence-corrected chi connectivity index (χ4v) is 3.12. The van der Waals surface area contributed by atoms with E-state index < -0.39 is 0 Å². The minimum atomic E-state index is -0.322. The van der Waals surface area contributed by atoms with E-state index in [1.54, 1.807) is 30.3 Å². The average molecular weight is 371 g/mol. The Kier molecular flexibility index (Phi) is 6.80. The maximum Gasteiger partial charge on any atom is 0.237 e. The van der Waals surface area contributed by atoms with Gasteiger partial charge in [-0.3, -0.25) is 14.4 Å². The molecule has 0 aliphatic heterocycles. The number of hydrogen-bond acceptors (Lipinski definition) is 4. The van der Waals surface area contributed by atoms with Gasteiger partial charge in [-0.25, -0.2) is 0 Å². The van der Waals surface area contributed by atoms with Crippen molar-refractivity contribution in [3.8, 4) is 0 Å². The third kappa shape index (κ3) is 6.25. The molecule has 0 heterocycles. The summed E-state index contributed by atoms with van der Waals surface area (Å²) < 4.78 is 0. The second-order valence-electron chi connectivity index (χ2n) is 5.72. The van der Waals surface area contributed by atoms with Crippen LogP contribution in [0.25, 0.3) is 0 Å². The molecule has 6 nitrogen and oxygen atoms in total. The predicted octanol–water partition coefficient (Wildman–Crippen LogP) is 3.72. The lowest BCUT2D eigenvalue weighted by Gasteiger charge is -2.13. The SMILES string of the molecule is CC(=O)Nc1ccc(NC(=O)C(C)Sc2cccc(NC(C)=O)c2)cc1. The van der Waals surface area contributed by atoms with Crippen molar-refractivity contribution in [2.45, 2.75) is 30.9 Å². The lowest BCUT2D eigenvalue weighted by molar-refractivity contribution is -0.116. The Hall–Kier alpha value is -2.80.